The third-order valence-corrected chi connectivity index (χ3v) is 4.98. The van der Waals surface area contributed by atoms with Crippen molar-refractivity contribution in [3.8, 4) is 0 Å². The zero-order chi connectivity index (χ0) is 14.8. The van der Waals surface area contributed by atoms with E-state index in [0.717, 1.165) is 23.7 Å². The van der Waals surface area contributed by atoms with Gasteiger partial charge in [0.2, 0.25) is 0 Å². The summed E-state index contributed by atoms with van der Waals surface area (Å²) < 4.78 is 0.733. The average Bonchev–Trinajstić information content (AvgIpc) is 2.35. The van der Waals surface area contributed by atoms with Crippen LogP contribution in [0.3, 0.4) is 0 Å². The van der Waals surface area contributed by atoms with Crippen LogP contribution < -0.4 is 5.32 Å². The first-order chi connectivity index (χ1) is 9.42. The molecule has 0 saturated heterocycles. The number of carbonyl (C=O) groups excluding carboxylic acids is 1. The van der Waals surface area contributed by atoms with Crippen LogP contribution in [0.1, 0.15) is 36.0 Å². The van der Waals surface area contributed by atoms with Gasteiger partial charge in [-0.3, -0.25) is 9.59 Å². The first kappa shape index (κ1) is 15.3. The molecule has 1 aliphatic rings. The van der Waals surface area contributed by atoms with Crippen LogP contribution in [0, 0.1) is 5.41 Å². The van der Waals surface area contributed by atoms with E-state index in [-0.39, 0.29) is 17.7 Å². The van der Waals surface area contributed by atoms with E-state index in [9.17, 15) is 9.59 Å². The second-order valence-corrected chi connectivity index (χ2v) is 6.50. The Kier molecular flexibility index (Phi) is 4.70. The third kappa shape index (κ3) is 3.52. The summed E-state index contributed by atoms with van der Waals surface area (Å²) in [7, 11) is 0. The monoisotopic (exact) mass is 359 g/mol. The van der Waals surface area contributed by atoms with E-state index >= 15 is 0 Å². The van der Waals surface area contributed by atoms with Crippen molar-refractivity contribution in [1.29, 1.82) is 0 Å². The van der Waals surface area contributed by atoms with Crippen LogP contribution in [0.2, 0.25) is 5.02 Å². The molecule has 2 rings (SSSR count). The van der Waals surface area contributed by atoms with Gasteiger partial charge in [-0.15, -0.1) is 0 Å². The molecule has 1 aromatic carbocycles. The van der Waals surface area contributed by atoms with E-state index in [4.69, 9.17) is 16.7 Å². The molecule has 0 unspecified atom stereocenters. The molecular formula is C14H15BrClNO3. The third-order valence-electron chi connectivity index (χ3n) is 3.75. The summed E-state index contributed by atoms with van der Waals surface area (Å²) in [6.45, 7) is 0.395. The predicted octanol–water partition coefficient (Wildman–Crippen LogP) is 3.48. The van der Waals surface area contributed by atoms with Gasteiger partial charge in [0.25, 0.3) is 5.91 Å². The largest absolute Gasteiger partial charge is 0.481 e. The Morgan fingerprint density at radius 3 is 2.60 bits per heavy atom. The molecule has 0 spiro atoms. The van der Waals surface area contributed by atoms with Gasteiger partial charge in [-0.25, -0.2) is 0 Å². The van der Waals surface area contributed by atoms with Gasteiger partial charge in [-0.1, -0.05) is 18.0 Å². The minimum Gasteiger partial charge on any atom is -0.481 e. The fraction of sp³-hybridized carbons (Fsp3) is 0.429. The molecule has 20 heavy (non-hydrogen) atoms. The number of amides is 1. The number of carboxylic acids is 1. The molecule has 0 bridgehead atoms. The molecule has 0 atom stereocenters. The van der Waals surface area contributed by atoms with Gasteiger partial charge < -0.3 is 10.4 Å². The Bertz CT molecular complexity index is 543. The van der Waals surface area contributed by atoms with Gasteiger partial charge in [0.05, 0.1) is 11.4 Å². The SMILES string of the molecule is O=C(O)CC1(CNC(=O)c2ccc(Br)c(Cl)c2)CCC1. The van der Waals surface area contributed by atoms with Crippen molar-refractivity contribution in [2.75, 3.05) is 6.54 Å². The number of benzene rings is 1. The van der Waals surface area contributed by atoms with E-state index in [1.165, 1.54) is 0 Å². The summed E-state index contributed by atoms with van der Waals surface area (Å²) in [6.07, 6.45) is 2.82. The van der Waals surface area contributed by atoms with E-state index in [1.54, 1.807) is 18.2 Å². The zero-order valence-electron chi connectivity index (χ0n) is 10.8. The smallest absolute Gasteiger partial charge is 0.303 e. The number of rotatable bonds is 5. The molecule has 1 amide bonds. The number of nitrogens with one attached hydrogen (secondary N) is 1. The molecule has 6 heteroatoms. The maximum Gasteiger partial charge on any atom is 0.303 e. The minimum absolute atomic E-state index is 0.106. The lowest BCUT2D eigenvalue weighted by Gasteiger charge is -2.40. The zero-order valence-corrected chi connectivity index (χ0v) is 13.1. The summed E-state index contributed by atoms with van der Waals surface area (Å²) in [5, 5.41) is 12.2. The molecule has 0 aliphatic heterocycles. The van der Waals surface area contributed by atoms with E-state index < -0.39 is 5.97 Å². The lowest BCUT2D eigenvalue weighted by atomic mass is 9.66. The number of carbonyl (C=O) groups is 2. The Balaban J connectivity index is 1.97. The number of halogens is 2. The molecule has 1 fully saturated rings. The highest BCUT2D eigenvalue weighted by Gasteiger charge is 2.39. The summed E-state index contributed by atoms with van der Waals surface area (Å²) in [4.78, 5) is 22.9. The Morgan fingerprint density at radius 2 is 2.10 bits per heavy atom. The van der Waals surface area contributed by atoms with Crippen molar-refractivity contribution in [2.45, 2.75) is 25.7 Å². The molecule has 1 aromatic rings. The molecule has 2 N–H and O–H groups in total. The van der Waals surface area contributed by atoms with E-state index in [2.05, 4.69) is 21.2 Å². The number of hydrogen-bond acceptors (Lipinski definition) is 2. The first-order valence-electron chi connectivity index (χ1n) is 6.37. The van der Waals surface area contributed by atoms with Gasteiger partial charge in [-0.05, 0) is 52.4 Å². The van der Waals surface area contributed by atoms with Crippen LogP contribution in [0.15, 0.2) is 22.7 Å². The van der Waals surface area contributed by atoms with Crippen LogP contribution in [0.5, 0.6) is 0 Å². The Hall–Kier alpha value is -1.07. The van der Waals surface area contributed by atoms with Crippen molar-refractivity contribution in [2.24, 2.45) is 5.41 Å². The van der Waals surface area contributed by atoms with Crippen molar-refractivity contribution >= 4 is 39.4 Å². The van der Waals surface area contributed by atoms with Crippen LogP contribution in [0.25, 0.3) is 0 Å². The van der Waals surface area contributed by atoms with Crippen LogP contribution in [-0.4, -0.2) is 23.5 Å². The van der Waals surface area contributed by atoms with Crippen molar-refractivity contribution in [1.82, 2.24) is 5.32 Å². The molecule has 0 aromatic heterocycles. The summed E-state index contributed by atoms with van der Waals surface area (Å²) in [6, 6.07) is 4.98. The highest BCUT2D eigenvalue weighted by molar-refractivity contribution is 9.10. The van der Waals surface area contributed by atoms with Gasteiger partial charge in [0.1, 0.15) is 0 Å². The van der Waals surface area contributed by atoms with Crippen LogP contribution >= 0.6 is 27.5 Å². The van der Waals surface area contributed by atoms with Crippen molar-refractivity contribution in [3.63, 3.8) is 0 Å². The highest BCUT2D eigenvalue weighted by atomic mass is 79.9. The van der Waals surface area contributed by atoms with Crippen molar-refractivity contribution in [3.05, 3.63) is 33.3 Å². The lowest BCUT2D eigenvalue weighted by molar-refractivity contribution is -0.141. The fourth-order valence-electron chi connectivity index (χ4n) is 2.42. The molecule has 108 valence electrons. The van der Waals surface area contributed by atoms with Crippen LogP contribution in [0.4, 0.5) is 0 Å². The van der Waals surface area contributed by atoms with Gasteiger partial charge in [-0.2, -0.15) is 0 Å². The molecule has 1 aliphatic carbocycles. The number of hydrogen-bond donors (Lipinski definition) is 2. The topological polar surface area (TPSA) is 66.4 Å². The van der Waals surface area contributed by atoms with Gasteiger partial charge in [0, 0.05) is 16.6 Å². The Labute approximate surface area is 130 Å². The van der Waals surface area contributed by atoms with Gasteiger partial charge in [0.15, 0.2) is 0 Å². The summed E-state index contributed by atoms with van der Waals surface area (Å²) >= 11 is 9.22. The van der Waals surface area contributed by atoms with E-state index in [0.29, 0.717) is 17.1 Å². The molecule has 0 radical (unpaired) electrons. The molecular weight excluding hydrogens is 346 g/mol. The van der Waals surface area contributed by atoms with E-state index in [1.807, 2.05) is 0 Å². The quantitative estimate of drug-likeness (QED) is 0.845. The fourth-order valence-corrected chi connectivity index (χ4v) is 2.85. The summed E-state index contributed by atoms with van der Waals surface area (Å²) in [5.74, 6) is -1.04. The standard InChI is InChI=1S/C14H15BrClNO3/c15-10-3-2-9(6-11(10)16)13(20)17-8-14(4-1-5-14)7-12(18)19/h2-3,6H,1,4-5,7-8H2,(H,17,20)(H,18,19). The van der Waals surface area contributed by atoms with Crippen molar-refractivity contribution < 1.29 is 14.7 Å². The number of aliphatic carboxylic acids is 1. The molecule has 0 heterocycles. The molecule has 1 saturated carbocycles. The number of carboxylic acid groups (broad SMARTS) is 1. The summed E-state index contributed by atoms with van der Waals surface area (Å²) in [5.41, 5.74) is 0.198. The predicted molar refractivity (Wildman–Crippen MR) is 80.0 cm³/mol. The minimum atomic E-state index is -0.814. The highest BCUT2D eigenvalue weighted by Crippen LogP contribution is 2.43. The maximum absolute atomic E-state index is 12.0. The van der Waals surface area contributed by atoms with Crippen LogP contribution in [-0.2, 0) is 4.79 Å². The first-order valence-corrected chi connectivity index (χ1v) is 7.54. The lowest BCUT2D eigenvalue weighted by Crippen LogP contribution is -2.43. The molecule has 4 nitrogen and oxygen atoms in total. The second kappa shape index (κ2) is 6.14. The second-order valence-electron chi connectivity index (χ2n) is 5.24. The Morgan fingerprint density at radius 1 is 1.40 bits per heavy atom. The maximum atomic E-state index is 12.0. The average molecular weight is 361 g/mol. The van der Waals surface area contributed by atoms with Gasteiger partial charge >= 0.3 is 5.97 Å². The normalized spacial score (nSPS) is 16.3.